The van der Waals surface area contributed by atoms with Gasteiger partial charge in [-0.15, -0.1) is 0 Å². The molecule has 0 aromatic heterocycles. The van der Waals surface area contributed by atoms with Gasteiger partial charge in [-0.2, -0.15) is 0 Å². The predicted molar refractivity (Wildman–Crippen MR) is 102 cm³/mol. The van der Waals surface area contributed by atoms with Crippen LogP contribution in [-0.4, -0.2) is 29.8 Å². The molecule has 26 heavy (non-hydrogen) atoms. The van der Waals surface area contributed by atoms with Crippen LogP contribution in [0, 0.1) is 5.82 Å². The molecule has 0 fully saturated rings. The molecule has 0 atom stereocenters. The fourth-order valence-corrected chi connectivity index (χ4v) is 2.63. The zero-order valence-corrected chi connectivity index (χ0v) is 15.4. The molecular weight excluding hydrogens is 357 g/mol. The molecule has 0 saturated heterocycles. The van der Waals surface area contributed by atoms with Gasteiger partial charge in [-0.1, -0.05) is 23.7 Å². The summed E-state index contributed by atoms with van der Waals surface area (Å²) in [7, 11) is 0. The van der Waals surface area contributed by atoms with Gasteiger partial charge in [0, 0.05) is 25.7 Å². The third kappa shape index (κ3) is 5.74. The number of halogens is 2. The molecule has 0 aliphatic heterocycles. The molecule has 0 heterocycles. The van der Waals surface area contributed by atoms with Gasteiger partial charge in [-0.25, -0.2) is 4.39 Å². The zero-order valence-electron chi connectivity index (χ0n) is 14.7. The van der Waals surface area contributed by atoms with Crippen LogP contribution in [0.15, 0.2) is 42.5 Å². The van der Waals surface area contributed by atoms with Crippen LogP contribution in [0.25, 0.3) is 0 Å². The van der Waals surface area contributed by atoms with E-state index in [2.05, 4.69) is 10.6 Å². The molecule has 0 aliphatic rings. The minimum atomic E-state index is -0.463. The van der Waals surface area contributed by atoms with Crippen LogP contribution in [0.4, 0.5) is 15.8 Å². The van der Waals surface area contributed by atoms with E-state index in [-0.39, 0.29) is 23.4 Å². The first-order chi connectivity index (χ1) is 12.4. The number of nitrogens with zero attached hydrogens (tertiary/aromatic N) is 1. The molecule has 0 bridgehead atoms. The second-order valence-electron chi connectivity index (χ2n) is 5.76. The van der Waals surface area contributed by atoms with Gasteiger partial charge < -0.3 is 15.5 Å². The molecule has 2 N–H and O–H groups in total. The molecule has 2 aromatic carbocycles. The highest BCUT2D eigenvalue weighted by molar-refractivity contribution is 6.33. The second-order valence-corrected chi connectivity index (χ2v) is 6.17. The molecule has 7 heteroatoms. The lowest BCUT2D eigenvalue weighted by molar-refractivity contribution is -0.129. The van der Waals surface area contributed by atoms with Gasteiger partial charge in [0.05, 0.1) is 17.3 Å². The maximum atomic E-state index is 13.0. The Morgan fingerprint density at radius 3 is 2.62 bits per heavy atom. The van der Waals surface area contributed by atoms with Gasteiger partial charge in [0.1, 0.15) is 5.82 Å². The van der Waals surface area contributed by atoms with Crippen molar-refractivity contribution in [3.8, 4) is 0 Å². The molecular formula is C19H21ClFN3O2. The third-order valence-electron chi connectivity index (χ3n) is 3.79. The predicted octanol–water partition coefficient (Wildman–Crippen LogP) is 3.90. The van der Waals surface area contributed by atoms with Crippen LogP contribution >= 0.6 is 11.6 Å². The number of hydrogen-bond acceptors (Lipinski definition) is 3. The average Bonchev–Trinajstić information content (AvgIpc) is 2.60. The van der Waals surface area contributed by atoms with Crippen LogP contribution in [0.2, 0.25) is 5.02 Å². The number of anilines is 2. The van der Waals surface area contributed by atoms with Crippen molar-refractivity contribution in [2.75, 3.05) is 23.7 Å². The largest absolute Gasteiger partial charge is 0.376 e. The summed E-state index contributed by atoms with van der Waals surface area (Å²) in [6, 6.07) is 11.3. The normalized spacial score (nSPS) is 10.3. The van der Waals surface area contributed by atoms with Gasteiger partial charge in [-0.3, -0.25) is 9.59 Å². The van der Waals surface area contributed by atoms with Crippen molar-refractivity contribution in [2.45, 2.75) is 20.4 Å². The molecule has 0 radical (unpaired) electrons. The summed E-state index contributed by atoms with van der Waals surface area (Å²) >= 11 is 5.89. The van der Waals surface area contributed by atoms with E-state index < -0.39 is 5.82 Å². The molecule has 5 nitrogen and oxygen atoms in total. The van der Waals surface area contributed by atoms with Crippen molar-refractivity contribution in [1.82, 2.24) is 4.90 Å². The third-order valence-corrected chi connectivity index (χ3v) is 4.10. The number of carbonyl (C=O) groups is 2. The van der Waals surface area contributed by atoms with Gasteiger partial charge in [0.25, 0.3) is 0 Å². The molecule has 0 aliphatic carbocycles. The van der Waals surface area contributed by atoms with Crippen molar-refractivity contribution in [3.05, 3.63) is 58.9 Å². The fraction of sp³-hybridized carbons (Fsp3) is 0.263. The van der Waals surface area contributed by atoms with Gasteiger partial charge in [0.2, 0.25) is 11.8 Å². The highest BCUT2D eigenvalue weighted by Gasteiger charge is 2.09. The molecule has 0 spiro atoms. The summed E-state index contributed by atoms with van der Waals surface area (Å²) in [5.41, 5.74) is 2.09. The molecule has 2 amide bonds. The van der Waals surface area contributed by atoms with Gasteiger partial charge in [-0.05, 0) is 42.8 Å². The second kappa shape index (κ2) is 9.20. The molecule has 2 aromatic rings. The SMILES string of the molecule is CCN(Cc1cccc(NCC(=O)Nc2ccc(F)cc2Cl)c1)C(C)=O. The summed E-state index contributed by atoms with van der Waals surface area (Å²) in [5, 5.41) is 5.79. The Balaban J connectivity index is 1.93. The molecule has 138 valence electrons. The zero-order chi connectivity index (χ0) is 19.1. The van der Waals surface area contributed by atoms with E-state index in [1.807, 2.05) is 31.2 Å². The Hall–Kier alpha value is -2.60. The summed E-state index contributed by atoms with van der Waals surface area (Å²) in [6.45, 7) is 4.64. The summed E-state index contributed by atoms with van der Waals surface area (Å²) in [4.78, 5) is 25.3. The van der Waals surface area contributed by atoms with E-state index >= 15 is 0 Å². The van der Waals surface area contributed by atoms with E-state index in [4.69, 9.17) is 11.6 Å². The number of amides is 2. The Kier molecular flexibility index (Phi) is 6.97. The summed E-state index contributed by atoms with van der Waals surface area (Å²) in [5.74, 6) is -0.751. The van der Waals surface area contributed by atoms with Crippen LogP contribution in [0.1, 0.15) is 19.4 Å². The number of rotatable bonds is 7. The van der Waals surface area contributed by atoms with Gasteiger partial charge in [0.15, 0.2) is 0 Å². The number of benzene rings is 2. The highest BCUT2D eigenvalue weighted by Crippen LogP contribution is 2.22. The minimum absolute atomic E-state index is 0.0152. The molecule has 0 saturated carbocycles. The summed E-state index contributed by atoms with van der Waals surface area (Å²) < 4.78 is 13.0. The van der Waals surface area contributed by atoms with Crippen molar-refractivity contribution >= 4 is 34.8 Å². The van der Waals surface area contributed by atoms with E-state index in [0.717, 1.165) is 17.3 Å². The Bertz CT molecular complexity index is 798. The average molecular weight is 378 g/mol. The van der Waals surface area contributed by atoms with Crippen molar-refractivity contribution in [2.24, 2.45) is 0 Å². The Labute approximate surface area is 157 Å². The Morgan fingerprint density at radius 1 is 1.19 bits per heavy atom. The summed E-state index contributed by atoms with van der Waals surface area (Å²) in [6.07, 6.45) is 0. The van der Waals surface area contributed by atoms with Crippen molar-refractivity contribution in [3.63, 3.8) is 0 Å². The fourth-order valence-electron chi connectivity index (χ4n) is 2.41. The lowest BCUT2D eigenvalue weighted by atomic mass is 10.2. The van der Waals surface area contributed by atoms with Crippen molar-refractivity contribution in [1.29, 1.82) is 0 Å². The first-order valence-electron chi connectivity index (χ1n) is 8.22. The highest BCUT2D eigenvalue weighted by atomic mass is 35.5. The van der Waals surface area contributed by atoms with Gasteiger partial charge >= 0.3 is 0 Å². The maximum absolute atomic E-state index is 13.0. The quantitative estimate of drug-likeness (QED) is 0.769. The monoisotopic (exact) mass is 377 g/mol. The van der Waals surface area contributed by atoms with Crippen molar-refractivity contribution < 1.29 is 14.0 Å². The first-order valence-corrected chi connectivity index (χ1v) is 8.60. The number of hydrogen-bond donors (Lipinski definition) is 2. The molecule has 0 unspecified atom stereocenters. The maximum Gasteiger partial charge on any atom is 0.243 e. The topological polar surface area (TPSA) is 61.4 Å². The van der Waals surface area contributed by atoms with Crippen LogP contribution in [0.3, 0.4) is 0 Å². The van der Waals surface area contributed by atoms with Crippen LogP contribution in [0.5, 0.6) is 0 Å². The number of carbonyl (C=O) groups excluding carboxylic acids is 2. The van der Waals surface area contributed by atoms with E-state index in [0.29, 0.717) is 18.8 Å². The van der Waals surface area contributed by atoms with E-state index in [9.17, 15) is 14.0 Å². The lowest BCUT2D eigenvalue weighted by Crippen LogP contribution is -2.27. The number of nitrogens with one attached hydrogen (secondary N) is 2. The smallest absolute Gasteiger partial charge is 0.243 e. The molecule has 2 rings (SSSR count). The van der Waals surface area contributed by atoms with Crippen LogP contribution < -0.4 is 10.6 Å². The standard InChI is InChI=1S/C19H21ClFN3O2/c1-3-24(13(2)25)12-14-5-4-6-16(9-14)22-11-19(26)23-18-8-7-15(21)10-17(18)20/h4-10,22H,3,11-12H2,1-2H3,(H,23,26). The lowest BCUT2D eigenvalue weighted by Gasteiger charge is -2.19. The minimum Gasteiger partial charge on any atom is -0.376 e. The van der Waals surface area contributed by atoms with E-state index in [1.54, 1.807) is 4.90 Å². The Morgan fingerprint density at radius 2 is 1.96 bits per heavy atom. The first kappa shape index (κ1) is 19.7. The van der Waals surface area contributed by atoms with Crippen LogP contribution in [-0.2, 0) is 16.1 Å². The van der Waals surface area contributed by atoms with E-state index in [1.165, 1.54) is 19.1 Å².